The molecule has 1 atom stereocenters. The number of aromatic nitrogens is 2. The number of amides is 1. The molecule has 0 N–H and O–H groups in total. The fourth-order valence-corrected chi connectivity index (χ4v) is 3.37. The number of hydrogen-bond acceptors (Lipinski definition) is 7. The van der Waals surface area contributed by atoms with Gasteiger partial charge in [-0.15, -0.1) is 21.5 Å². The molecule has 8 heteroatoms. The number of morpholine rings is 1. The molecule has 0 aliphatic carbocycles. The summed E-state index contributed by atoms with van der Waals surface area (Å²) in [5.41, 5.74) is -0.252. The van der Waals surface area contributed by atoms with Crippen LogP contribution in [0.2, 0.25) is 0 Å². The number of carbonyl (C=O) groups excluding carboxylic acids is 1. The normalized spacial score (nSPS) is 21.3. The van der Waals surface area contributed by atoms with E-state index >= 15 is 0 Å². The SMILES string of the molecule is Cc1nnc(CN2CC(COCC(=O)N(C)C)OC(C)(C)C2)s1. The van der Waals surface area contributed by atoms with E-state index in [0.29, 0.717) is 6.61 Å². The lowest BCUT2D eigenvalue weighted by molar-refractivity contribution is -0.161. The van der Waals surface area contributed by atoms with Crippen molar-refractivity contribution < 1.29 is 14.3 Å². The van der Waals surface area contributed by atoms with E-state index in [2.05, 4.69) is 28.9 Å². The van der Waals surface area contributed by atoms with Gasteiger partial charge in [0.15, 0.2) is 0 Å². The zero-order chi connectivity index (χ0) is 17.0. The molecular weight excluding hydrogens is 316 g/mol. The summed E-state index contributed by atoms with van der Waals surface area (Å²) in [6.45, 7) is 8.97. The minimum absolute atomic E-state index is 0.0405. The summed E-state index contributed by atoms with van der Waals surface area (Å²) in [6.07, 6.45) is -0.0530. The topological polar surface area (TPSA) is 67.8 Å². The zero-order valence-electron chi connectivity index (χ0n) is 14.5. The fourth-order valence-electron chi connectivity index (χ4n) is 2.62. The quantitative estimate of drug-likeness (QED) is 0.766. The molecule has 1 saturated heterocycles. The summed E-state index contributed by atoms with van der Waals surface area (Å²) in [7, 11) is 3.44. The van der Waals surface area contributed by atoms with Crippen LogP contribution in [0.1, 0.15) is 23.9 Å². The van der Waals surface area contributed by atoms with Gasteiger partial charge in [0, 0.05) is 27.2 Å². The molecule has 1 amide bonds. The third kappa shape index (κ3) is 5.80. The lowest BCUT2D eigenvalue weighted by Crippen LogP contribution is -2.53. The Morgan fingerprint density at radius 1 is 1.48 bits per heavy atom. The summed E-state index contributed by atoms with van der Waals surface area (Å²) in [5.74, 6) is -0.0405. The van der Waals surface area contributed by atoms with Crippen LogP contribution in [0.4, 0.5) is 0 Å². The predicted molar refractivity (Wildman–Crippen MR) is 88.4 cm³/mol. The highest BCUT2D eigenvalue weighted by Crippen LogP contribution is 2.23. The second kappa shape index (κ2) is 7.65. The minimum atomic E-state index is -0.252. The van der Waals surface area contributed by atoms with Gasteiger partial charge in [0.25, 0.3) is 0 Å². The van der Waals surface area contributed by atoms with E-state index in [9.17, 15) is 4.79 Å². The van der Waals surface area contributed by atoms with Gasteiger partial charge in [-0.05, 0) is 20.8 Å². The first-order chi connectivity index (χ1) is 10.7. The molecule has 1 aromatic heterocycles. The first kappa shape index (κ1) is 18.3. The van der Waals surface area contributed by atoms with Gasteiger partial charge in [-0.2, -0.15) is 0 Å². The second-order valence-corrected chi connectivity index (χ2v) is 7.95. The first-order valence-electron chi connectivity index (χ1n) is 7.72. The van der Waals surface area contributed by atoms with E-state index in [-0.39, 0.29) is 24.2 Å². The van der Waals surface area contributed by atoms with Gasteiger partial charge in [0.1, 0.15) is 16.6 Å². The molecule has 0 radical (unpaired) electrons. The molecule has 1 fully saturated rings. The van der Waals surface area contributed by atoms with E-state index in [1.807, 2.05) is 6.92 Å². The van der Waals surface area contributed by atoms with E-state index < -0.39 is 0 Å². The molecule has 1 aromatic rings. The van der Waals surface area contributed by atoms with E-state index in [1.165, 1.54) is 4.90 Å². The van der Waals surface area contributed by atoms with Crippen molar-refractivity contribution in [3.8, 4) is 0 Å². The van der Waals surface area contributed by atoms with Crippen molar-refractivity contribution in [3.63, 3.8) is 0 Å². The molecule has 2 rings (SSSR count). The highest BCUT2D eigenvalue weighted by atomic mass is 32.1. The van der Waals surface area contributed by atoms with Gasteiger partial charge in [-0.3, -0.25) is 9.69 Å². The Balaban J connectivity index is 1.86. The minimum Gasteiger partial charge on any atom is -0.369 e. The van der Waals surface area contributed by atoms with Crippen molar-refractivity contribution in [3.05, 3.63) is 10.0 Å². The molecule has 2 heterocycles. The summed E-state index contributed by atoms with van der Waals surface area (Å²) >= 11 is 1.62. The summed E-state index contributed by atoms with van der Waals surface area (Å²) in [6, 6.07) is 0. The summed E-state index contributed by atoms with van der Waals surface area (Å²) in [5, 5.41) is 10.3. The predicted octanol–water partition coefficient (Wildman–Crippen LogP) is 0.931. The van der Waals surface area contributed by atoms with Crippen LogP contribution >= 0.6 is 11.3 Å². The fraction of sp³-hybridized carbons (Fsp3) is 0.800. The Morgan fingerprint density at radius 2 is 2.22 bits per heavy atom. The molecule has 130 valence electrons. The van der Waals surface area contributed by atoms with Crippen molar-refractivity contribution in [1.29, 1.82) is 0 Å². The van der Waals surface area contributed by atoms with Crippen molar-refractivity contribution in [2.45, 2.75) is 39.0 Å². The molecule has 1 aliphatic heterocycles. The van der Waals surface area contributed by atoms with Crippen LogP contribution in [0.5, 0.6) is 0 Å². The zero-order valence-corrected chi connectivity index (χ0v) is 15.4. The van der Waals surface area contributed by atoms with Gasteiger partial charge >= 0.3 is 0 Å². The van der Waals surface area contributed by atoms with Crippen LogP contribution in [0.25, 0.3) is 0 Å². The van der Waals surface area contributed by atoms with Gasteiger partial charge in [0.2, 0.25) is 5.91 Å². The highest BCUT2D eigenvalue weighted by Gasteiger charge is 2.33. The molecule has 0 saturated carbocycles. The Morgan fingerprint density at radius 3 is 2.83 bits per heavy atom. The summed E-state index contributed by atoms with van der Waals surface area (Å²) in [4.78, 5) is 15.4. The largest absolute Gasteiger partial charge is 0.369 e. The standard InChI is InChI=1S/C15H26N4O3S/c1-11-16-17-13(23-11)7-19-6-12(22-15(2,3)10-19)8-21-9-14(20)18(4)5/h12H,6-10H2,1-5H3. The van der Waals surface area contributed by atoms with Crippen molar-refractivity contribution >= 4 is 17.2 Å². The lowest BCUT2D eigenvalue weighted by atomic mass is 10.1. The van der Waals surface area contributed by atoms with Crippen molar-refractivity contribution in [2.75, 3.05) is 40.4 Å². The first-order valence-corrected chi connectivity index (χ1v) is 8.54. The molecule has 0 bridgehead atoms. The van der Waals surface area contributed by atoms with Crippen molar-refractivity contribution in [2.24, 2.45) is 0 Å². The molecule has 1 unspecified atom stereocenters. The highest BCUT2D eigenvalue weighted by molar-refractivity contribution is 7.11. The number of carbonyl (C=O) groups is 1. The number of ether oxygens (including phenoxy) is 2. The van der Waals surface area contributed by atoms with Gasteiger partial charge in [-0.1, -0.05) is 0 Å². The molecular formula is C15H26N4O3S. The van der Waals surface area contributed by atoms with Crippen molar-refractivity contribution in [1.82, 2.24) is 20.0 Å². The lowest BCUT2D eigenvalue weighted by Gasteiger charge is -2.42. The van der Waals surface area contributed by atoms with Crippen LogP contribution in [-0.4, -0.2) is 78.0 Å². The molecule has 0 spiro atoms. The number of likely N-dealkylation sites (N-methyl/N-ethyl adjacent to an activating group) is 1. The summed E-state index contributed by atoms with van der Waals surface area (Å²) < 4.78 is 11.6. The molecule has 1 aliphatic rings. The number of rotatable bonds is 6. The van der Waals surface area contributed by atoms with Crippen LogP contribution in [0, 0.1) is 6.92 Å². The van der Waals surface area contributed by atoms with E-state index in [1.54, 1.807) is 25.4 Å². The number of hydrogen-bond donors (Lipinski definition) is 0. The monoisotopic (exact) mass is 342 g/mol. The second-order valence-electron chi connectivity index (χ2n) is 6.69. The van der Waals surface area contributed by atoms with Gasteiger partial charge < -0.3 is 14.4 Å². The average molecular weight is 342 g/mol. The Labute approximate surface area is 141 Å². The van der Waals surface area contributed by atoms with Crippen LogP contribution < -0.4 is 0 Å². The molecule has 23 heavy (non-hydrogen) atoms. The Kier molecular flexibility index (Phi) is 6.07. The third-order valence-electron chi connectivity index (χ3n) is 3.51. The maximum Gasteiger partial charge on any atom is 0.248 e. The average Bonchev–Trinajstić information content (AvgIpc) is 2.82. The number of nitrogens with zero attached hydrogens (tertiary/aromatic N) is 4. The van der Waals surface area contributed by atoms with Crippen LogP contribution in [0.15, 0.2) is 0 Å². The molecule has 0 aromatic carbocycles. The Hall–Kier alpha value is -1.09. The van der Waals surface area contributed by atoms with Gasteiger partial charge in [-0.25, -0.2) is 0 Å². The van der Waals surface area contributed by atoms with E-state index in [0.717, 1.165) is 29.6 Å². The van der Waals surface area contributed by atoms with E-state index in [4.69, 9.17) is 9.47 Å². The maximum absolute atomic E-state index is 11.6. The van der Waals surface area contributed by atoms with Gasteiger partial charge in [0.05, 0.1) is 24.9 Å². The smallest absolute Gasteiger partial charge is 0.248 e. The van der Waals surface area contributed by atoms with Crippen LogP contribution in [-0.2, 0) is 20.8 Å². The third-order valence-corrected chi connectivity index (χ3v) is 4.33. The maximum atomic E-state index is 11.6. The Bertz CT molecular complexity index is 533. The van der Waals surface area contributed by atoms with Crippen LogP contribution in [0.3, 0.4) is 0 Å². The molecule has 7 nitrogen and oxygen atoms in total. The number of aryl methyl sites for hydroxylation is 1.